The second-order valence-corrected chi connectivity index (χ2v) is 14.7. The zero-order valence-electron chi connectivity index (χ0n) is 35.2. The van der Waals surface area contributed by atoms with Crippen LogP contribution in [0.15, 0.2) is 0 Å². The number of carbonyl (C=O) groups excluding carboxylic acids is 6. The number of carboxylic acids is 3. The number of nitrogens with one attached hydrogen (secondary N) is 3. The molecule has 0 aliphatic carbocycles. The van der Waals surface area contributed by atoms with E-state index in [1.165, 1.54) is 0 Å². The van der Waals surface area contributed by atoms with Crippen LogP contribution in [0.25, 0.3) is 0 Å². The molecular weight excluding hydrogens is 1050 g/mol. The van der Waals surface area contributed by atoms with E-state index >= 15 is 0 Å². The van der Waals surface area contributed by atoms with Crippen molar-refractivity contribution in [2.24, 2.45) is 0 Å². The van der Waals surface area contributed by atoms with Crippen LogP contribution < -0.4 is 82.7 Å². The van der Waals surface area contributed by atoms with Gasteiger partial charge in [-0.2, -0.15) is 0 Å². The monoisotopic (exact) mass is 1100 g/mol. The summed E-state index contributed by atoms with van der Waals surface area (Å²) in [5, 5.41) is 182. The summed E-state index contributed by atoms with van der Waals surface area (Å²) in [6.45, 7) is 0.684. The number of rotatable bonds is 15. The van der Waals surface area contributed by atoms with Crippen LogP contribution >= 0.6 is 0 Å². The van der Waals surface area contributed by atoms with Crippen LogP contribution in [0.5, 0.6) is 0 Å². The third-order valence-electron chi connectivity index (χ3n) is 9.58. The van der Waals surface area contributed by atoms with E-state index in [2.05, 4.69) is 16.0 Å². The van der Waals surface area contributed by atoms with Gasteiger partial charge in [0.05, 0.1) is 56.3 Å². The molecule has 0 saturated carbocycles. The summed E-state index contributed by atoms with van der Waals surface area (Å²) < 4.78 is 14.4. The number of amides is 3. The standard InChI is InChI=1S/3C11H19NO9.Ba.K/c3*1-4(14)12-7-5(15)2-11(20,10(18)19)21-9(7)8(17)6(16)3-13;;/h3*5-9,13,15-17,20H,2-3H2,1H3,(H,12,14)(H,18,19);;/q;;;+2;+1/p-3/t3*5-,6+,7+,8+,9+,11?;;/m000../s1. The molecule has 0 aromatic carbocycles. The number of ether oxygens (including phenoxy) is 3. The maximum absolute atomic E-state index is 11.1. The molecular formula is C33H54BaKN3O27. The molecule has 18 atom stereocenters. The SMILES string of the molecule is CC(=O)N[C@H]1[C@H]([C@H](O)[C@H](O)CO)OC(O)(C(=O)[O-])C[C@@H]1O.CC(=O)N[C@H]1[C@H]([C@H](O)[C@H](O)CO)OC(O)(C(=O)[O-])C[C@@H]1O.CC(=O)N[C@H]1[C@H]([C@H](O)[C@H](O)CO)OC(O)(C(=O)[O-])C[C@@H]1O.[Ba+2].[K+]. The van der Waals surface area contributed by atoms with E-state index in [0.29, 0.717) is 0 Å². The molecule has 18 N–H and O–H groups in total. The van der Waals surface area contributed by atoms with Gasteiger partial charge in [-0.05, 0) is 0 Å². The average molecular weight is 1100 g/mol. The van der Waals surface area contributed by atoms with Crippen LogP contribution in [-0.2, 0) is 43.0 Å². The maximum Gasteiger partial charge on any atom is 2.00 e. The van der Waals surface area contributed by atoms with Gasteiger partial charge in [0.25, 0.3) is 0 Å². The molecule has 0 bridgehead atoms. The van der Waals surface area contributed by atoms with Crippen LogP contribution in [0, 0.1) is 0 Å². The Morgan fingerprint density at radius 1 is 0.508 bits per heavy atom. The Morgan fingerprint density at radius 3 is 0.831 bits per heavy atom. The van der Waals surface area contributed by atoms with E-state index < -0.39 is 183 Å². The maximum atomic E-state index is 11.1. The zero-order valence-corrected chi connectivity index (χ0v) is 42.8. The molecule has 65 heavy (non-hydrogen) atoms. The third kappa shape index (κ3) is 18.5. The molecule has 0 aromatic rings. The molecule has 3 amide bonds. The summed E-state index contributed by atoms with van der Waals surface area (Å²) in [7, 11) is 0. The Labute approximate surface area is 450 Å². The smallest absolute Gasteiger partial charge is 0.544 e. The van der Waals surface area contributed by atoms with E-state index in [9.17, 15) is 105 Å². The summed E-state index contributed by atoms with van der Waals surface area (Å²) in [6, 6.07) is -3.88. The number of carbonyl (C=O) groups is 6. The van der Waals surface area contributed by atoms with Crippen LogP contribution in [0.4, 0.5) is 0 Å². The Bertz CT molecular complexity index is 1400. The quantitative estimate of drug-likeness (QED) is 0.0677. The first-order valence-electron chi connectivity index (χ1n) is 18.5. The molecule has 32 heteroatoms. The van der Waals surface area contributed by atoms with Gasteiger partial charge in [-0.3, -0.25) is 14.4 Å². The van der Waals surface area contributed by atoms with Gasteiger partial charge in [-0.1, -0.05) is 0 Å². The van der Waals surface area contributed by atoms with Crippen LogP contribution in [0.2, 0.25) is 0 Å². The third-order valence-corrected chi connectivity index (χ3v) is 9.58. The van der Waals surface area contributed by atoms with Gasteiger partial charge in [0.2, 0.25) is 35.1 Å². The Balaban J connectivity index is 0. The minimum atomic E-state index is -2.89. The molecule has 3 unspecified atom stereocenters. The molecule has 3 saturated heterocycles. The number of hydrogen-bond acceptors (Lipinski definition) is 27. The predicted molar refractivity (Wildman–Crippen MR) is 192 cm³/mol. The number of aliphatic hydroxyl groups excluding tert-OH is 12. The molecule has 3 heterocycles. The van der Waals surface area contributed by atoms with E-state index in [1.807, 2.05) is 0 Å². The molecule has 3 rings (SSSR count). The summed E-state index contributed by atoms with van der Waals surface area (Å²) in [6.07, 6.45) is -23.0. The molecule has 0 spiro atoms. The van der Waals surface area contributed by atoms with Crippen LogP contribution in [-0.4, -0.2) is 290 Å². The second kappa shape index (κ2) is 28.8. The molecule has 0 radical (unpaired) electrons. The first-order chi connectivity index (χ1) is 28.9. The minimum Gasteiger partial charge on any atom is -0.544 e. The van der Waals surface area contributed by atoms with Crippen molar-refractivity contribution in [1.29, 1.82) is 0 Å². The fourth-order valence-electron chi connectivity index (χ4n) is 6.39. The van der Waals surface area contributed by atoms with Crippen molar-refractivity contribution in [3.05, 3.63) is 0 Å². The van der Waals surface area contributed by atoms with Crippen LogP contribution in [0.3, 0.4) is 0 Å². The number of carboxylic acid groups (broad SMARTS) is 3. The summed E-state index contributed by atoms with van der Waals surface area (Å²) in [4.78, 5) is 65.9. The topological polar surface area (TPSA) is 539 Å². The van der Waals surface area contributed by atoms with Crippen molar-refractivity contribution in [3.8, 4) is 0 Å². The van der Waals surface area contributed by atoms with E-state index in [-0.39, 0.29) is 100 Å². The van der Waals surface area contributed by atoms with Crippen molar-refractivity contribution in [1.82, 2.24) is 16.0 Å². The zero-order chi connectivity index (χ0) is 49.1. The van der Waals surface area contributed by atoms with Crippen LogP contribution in [0.1, 0.15) is 40.0 Å². The molecule has 30 nitrogen and oxygen atoms in total. The largest absolute Gasteiger partial charge is 2.00 e. The molecule has 366 valence electrons. The first-order valence-corrected chi connectivity index (χ1v) is 18.5. The van der Waals surface area contributed by atoms with Crippen molar-refractivity contribution < 1.29 is 186 Å². The van der Waals surface area contributed by atoms with Gasteiger partial charge in [0, 0.05) is 40.0 Å². The van der Waals surface area contributed by atoms with E-state index in [1.54, 1.807) is 0 Å². The van der Waals surface area contributed by atoms with Gasteiger partial charge >= 0.3 is 100 Å². The molecule has 3 aliphatic rings. The van der Waals surface area contributed by atoms with Gasteiger partial charge in [0.15, 0.2) is 0 Å². The molecule has 3 aliphatic heterocycles. The van der Waals surface area contributed by atoms with Crippen molar-refractivity contribution >= 4 is 84.5 Å². The Morgan fingerprint density at radius 2 is 0.692 bits per heavy atom. The fraction of sp³-hybridized carbons (Fsp3) is 0.818. The fourth-order valence-corrected chi connectivity index (χ4v) is 6.39. The van der Waals surface area contributed by atoms with Crippen molar-refractivity contribution in [3.63, 3.8) is 0 Å². The van der Waals surface area contributed by atoms with Gasteiger partial charge < -0.3 is 136 Å². The number of aliphatic carboxylic acids is 3. The average Bonchev–Trinajstić information content (AvgIpc) is 3.18. The number of hydrogen-bond donors (Lipinski definition) is 18. The second-order valence-electron chi connectivity index (χ2n) is 14.7. The van der Waals surface area contributed by atoms with E-state index in [4.69, 9.17) is 29.5 Å². The van der Waals surface area contributed by atoms with Gasteiger partial charge in [0.1, 0.15) is 72.8 Å². The van der Waals surface area contributed by atoms with Crippen molar-refractivity contribution in [2.75, 3.05) is 19.8 Å². The predicted octanol–water partition coefficient (Wildman–Crippen LogP) is -19.0. The summed E-state index contributed by atoms with van der Waals surface area (Å²) >= 11 is 0. The molecule has 0 aromatic heterocycles. The van der Waals surface area contributed by atoms with E-state index in [0.717, 1.165) is 20.8 Å². The van der Waals surface area contributed by atoms with Crippen molar-refractivity contribution in [2.45, 2.75) is 149 Å². The van der Waals surface area contributed by atoms with Gasteiger partial charge in [-0.25, -0.2) is 0 Å². The Kier molecular flexibility index (Phi) is 29.5. The first kappa shape index (κ1) is 66.4. The normalized spacial score (nSPS) is 34.7. The number of aliphatic hydroxyl groups is 15. The Hall–Kier alpha value is -0.692. The minimum absolute atomic E-state index is 0. The van der Waals surface area contributed by atoms with Gasteiger partial charge in [-0.15, -0.1) is 0 Å². The molecule has 3 fully saturated rings. The summed E-state index contributed by atoms with van der Waals surface area (Å²) in [5.74, 6) is -16.7. The summed E-state index contributed by atoms with van der Waals surface area (Å²) in [5.41, 5.74) is 0.